The van der Waals surface area contributed by atoms with E-state index in [2.05, 4.69) is 6.07 Å². The number of amides is 1. The van der Waals surface area contributed by atoms with Gasteiger partial charge in [0.25, 0.3) is 5.24 Å². The third-order valence-corrected chi connectivity index (χ3v) is 3.13. The van der Waals surface area contributed by atoms with Crippen LogP contribution >= 0.6 is 11.8 Å². The van der Waals surface area contributed by atoms with E-state index in [1.165, 1.54) is 17.3 Å². The predicted octanol–water partition coefficient (Wildman–Crippen LogP) is 2.92. The van der Waals surface area contributed by atoms with E-state index in [0.29, 0.717) is 0 Å². The van der Waals surface area contributed by atoms with Crippen molar-refractivity contribution < 1.29 is 4.79 Å². The predicted molar refractivity (Wildman–Crippen MR) is 61.0 cm³/mol. The Kier molecular flexibility index (Phi) is 2.77. The summed E-state index contributed by atoms with van der Waals surface area (Å²) in [4.78, 5) is 13.6. The third kappa shape index (κ3) is 1.64. The highest BCUT2D eigenvalue weighted by Gasteiger charge is 2.23. The topological polar surface area (TPSA) is 20.3 Å². The molecule has 0 radical (unpaired) electrons. The van der Waals surface area contributed by atoms with Crippen molar-refractivity contribution >= 4 is 22.7 Å². The van der Waals surface area contributed by atoms with Gasteiger partial charge in [0.15, 0.2) is 0 Å². The number of fused-ring (bicyclic) bond motifs is 1. The van der Waals surface area contributed by atoms with Crippen LogP contribution in [0.5, 0.6) is 0 Å². The van der Waals surface area contributed by atoms with Crippen LogP contribution in [0.2, 0.25) is 0 Å². The Labute approximate surface area is 88.3 Å². The average molecular weight is 207 g/mol. The molecule has 1 amide bonds. The molecule has 0 N–H and O–H groups in total. The second-order valence-corrected chi connectivity index (χ2v) is 4.44. The van der Waals surface area contributed by atoms with Gasteiger partial charge in [-0.05, 0) is 23.8 Å². The summed E-state index contributed by atoms with van der Waals surface area (Å²) in [5.74, 6) is 0.845. The lowest BCUT2D eigenvalue weighted by atomic mass is 10.2. The highest BCUT2D eigenvalue weighted by Crippen LogP contribution is 2.29. The third-order valence-electron chi connectivity index (χ3n) is 2.38. The molecule has 0 saturated carbocycles. The van der Waals surface area contributed by atoms with Gasteiger partial charge in [0.2, 0.25) is 0 Å². The Hall–Kier alpha value is -0.960. The van der Waals surface area contributed by atoms with E-state index < -0.39 is 0 Å². The minimum Gasteiger partial charge on any atom is -0.303 e. The molecule has 1 aliphatic heterocycles. The lowest BCUT2D eigenvalue weighted by Crippen LogP contribution is -2.24. The Morgan fingerprint density at radius 2 is 2.29 bits per heavy atom. The van der Waals surface area contributed by atoms with E-state index in [1.807, 2.05) is 30.0 Å². The largest absolute Gasteiger partial charge is 0.303 e. The standard InChI is InChI=1S/C11H13NOS/c1-2-14-11(13)12-8-7-9-5-3-4-6-10(9)12/h3-6H,2,7-8H2,1H3. The summed E-state index contributed by atoms with van der Waals surface area (Å²) in [6.45, 7) is 2.84. The van der Waals surface area contributed by atoms with E-state index in [1.54, 1.807) is 0 Å². The maximum absolute atomic E-state index is 11.7. The number of carbonyl (C=O) groups excluding carboxylic acids is 1. The molecule has 0 saturated heterocycles. The summed E-state index contributed by atoms with van der Waals surface area (Å²) in [5, 5.41) is 0.178. The van der Waals surface area contributed by atoms with Crippen LogP contribution in [0.3, 0.4) is 0 Å². The maximum Gasteiger partial charge on any atom is 0.286 e. The molecule has 0 unspecified atom stereocenters. The van der Waals surface area contributed by atoms with Crippen molar-refractivity contribution in [2.45, 2.75) is 13.3 Å². The second-order valence-electron chi connectivity index (χ2n) is 3.23. The SMILES string of the molecule is CCSC(=O)N1CCc2ccccc21. The number of para-hydroxylation sites is 1. The number of thioether (sulfide) groups is 1. The number of benzene rings is 1. The number of hydrogen-bond acceptors (Lipinski definition) is 2. The van der Waals surface area contributed by atoms with E-state index in [-0.39, 0.29) is 5.24 Å². The molecule has 1 aromatic rings. The first-order valence-electron chi connectivity index (χ1n) is 4.85. The zero-order valence-corrected chi connectivity index (χ0v) is 9.01. The number of nitrogens with zero attached hydrogens (tertiary/aromatic N) is 1. The summed E-state index contributed by atoms with van der Waals surface area (Å²) in [6, 6.07) is 8.14. The minimum absolute atomic E-state index is 0.178. The lowest BCUT2D eigenvalue weighted by Gasteiger charge is -2.15. The first-order chi connectivity index (χ1) is 6.83. The maximum atomic E-state index is 11.7. The molecule has 0 aliphatic carbocycles. The molecule has 0 fully saturated rings. The summed E-state index contributed by atoms with van der Waals surface area (Å²) < 4.78 is 0. The molecule has 74 valence electrons. The molecule has 3 heteroatoms. The van der Waals surface area contributed by atoms with Crippen LogP contribution in [0.25, 0.3) is 0 Å². The van der Waals surface area contributed by atoms with Gasteiger partial charge >= 0.3 is 0 Å². The van der Waals surface area contributed by atoms with Gasteiger partial charge in [-0.3, -0.25) is 4.79 Å². The van der Waals surface area contributed by atoms with Crippen LogP contribution in [0.1, 0.15) is 12.5 Å². The van der Waals surface area contributed by atoms with Crippen LogP contribution in [0.4, 0.5) is 10.5 Å². The van der Waals surface area contributed by atoms with Gasteiger partial charge in [0, 0.05) is 12.2 Å². The molecule has 2 rings (SSSR count). The van der Waals surface area contributed by atoms with Crippen molar-refractivity contribution in [2.24, 2.45) is 0 Å². The van der Waals surface area contributed by atoms with E-state index >= 15 is 0 Å². The molecule has 1 heterocycles. The number of hydrogen-bond donors (Lipinski definition) is 0. The molecule has 1 aliphatic rings. The zero-order valence-electron chi connectivity index (χ0n) is 8.19. The van der Waals surface area contributed by atoms with Crippen LogP contribution in [0.15, 0.2) is 24.3 Å². The first-order valence-corrected chi connectivity index (χ1v) is 5.83. The fraction of sp³-hybridized carbons (Fsp3) is 0.364. The summed E-state index contributed by atoms with van der Waals surface area (Å²) in [7, 11) is 0. The van der Waals surface area contributed by atoms with Crippen LogP contribution in [0, 0.1) is 0 Å². The molecule has 0 spiro atoms. The Bertz CT molecular complexity index is 351. The molecule has 14 heavy (non-hydrogen) atoms. The molecule has 2 nitrogen and oxygen atoms in total. The van der Waals surface area contributed by atoms with Crippen LogP contribution < -0.4 is 4.90 Å². The fourth-order valence-electron chi connectivity index (χ4n) is 1.73. The van der Waals surface area contributed by atoms with E-state index in [0.717, 1.165) is 24.4 Å². The normalized spacial score (nSPS) is 14.2. The average Bonchev–Trinajstić information content (AvgIpc) is 2.61. The van der Waals surface area contributed by atoms with Gasteiger partial charge in [0.05, 0.1) is 0 Å². The second kappa shape index (κ2) is 4.05. The zero-order chi connectivity index (χ0) is 9.97. The number of rotatable bonds is 1. The van der Waals surface area contributed by atoms with Crippen molar-refractivity contribution in [1.29, 1.82) is 0 Å². The number of anilines is 1. The highest BCUT2D eigenvalue weighted by atomic mass is 32.2. The monoisotopic (exact) mass is 207 g/mol. The van der Waals surface area contributed by atoms with Gasteiger partial charge in [-0.15, -0.1) is 0 Å². The Balaban J connectivity index is 2.21. The first kappa shape index (κ1) is 9.59. The van der Waals surface area contributed by atoms with Crippen LogP contribution in [-0.2, 0) is 6.42 Å². The molecule has 0 aromatic heterocycles. The molecular weight excluding hydrogens is 194 g/mol. The number of carbonyl (C=O) groups is 1. The van der Waals surface area contributed by atoms with Crippen molar-refractivity contribution in [1.82, 2.24) is 0 Å². The van der Waals surface area contributed by atoms with Crippen molar-refractivity contribution in [2.75, 3.05) is 17.2 Å². The van der Waals surface area contributed by atoms with Crippen molar-refractivity contribution in [3.8, 4) is 0 Å². The quantitative estimate of drug-likeness (QED) is 0.705. The Morgan fingerprint density at radius 1 is 1.50 bits per heavy atom. The van der Waals surface area contributed by atoms with Gasteiger partial charge in [-0.1, -0.05) is 36.9 Å². The molecule has 0 atom stereocenters. The van der Waals surface area contributed by atoms with Gasteiger partial charge in [-0.2, -0.15) is 0 Å². The Morgan fingerprint density at radius 3 is 3.07 bits per heavy atom. The lowest BCUT2D eigenvalue weighted by molar-refractivity contribution is 0.265. The van der Waals surface area contributed by atoms with Gasteiger partial charge < -0.3 is 4.90 Å². The van der Waals surface area contributed by atoms with E-state index in [4.69, 9.17) is 0 Å². The highest BCUT2D eigenvalue weighted by molar-refractivity contribution is 8.13. The molecule has 0 bridgehead atoms. The summed E-state index contributed by atoms with van der Waals surface area (Å²) in [5.41, 5.74) is 2.39. The minimum atomic E-state index is 0.178. The smallest absolute Gasteiger partial charge is 0.286 e. The van der Waals surface area contributed by atoms with Crippen molar-refractivity contribution in [3.05, 3.63) is 29.8 Å². The summed E-state index contributed by atoms with van der Waals surface area (Å²) >= 11 is 1.38. The van der Waals surface area contributed by atoms with Gasteiger partial charge in [0.1, 0.15) is 0 Å². The summed E-state index contributed by atoms with van der Waals surface area (Å²) in [6.07, 6.45) is 0.992. The van der Waals surface area contributed by atoms with Gasteiger partial charge in [-0.25, -0.2) is 0 Å². The van der Waals surface area contributed by atoms with Crippen LogP contribution in [-0.4, -0.2) is 17.5 Å². The fourth-order valence-corrected chi connectivity index (χ4v) is 2.32. The van der Waals surface area contributed by atoms with Crippen molar-refractivity contribution in [3.63, 3.8) is 0 Å². The molecule has 1 aromatic carbocycles. The molecular formula is C11H13NOS. The van der Waals surface area contributed by atoms with E-state index in [9.17, 15) is 4.79 Å².